The van der Waals surface area contributed by atoms with Gasteiger partial charge in [0.15, 0.2) is 11.6 Å². The van der Waals surface area contributed by atoms with Crippen LogP contribution in [0.4, 0.5) is 0 Å². The first kappa shape index (κ1) is 15.9. The summed E-state index contributed by atoms with van der Waals surface area (Å²) in [5.74, 6) is -0.0545. The van der Waals surface area contributed by atoms with Gasteiger partial charge in [0.1, 0.15) is 0 Å². The summed E-state index contributed by atoms with van der Waals surface area (Å²) >= 11 is 12.3. The summed E-state index contributed by atoms with van der Waals surface area (Å²) < 4.78 is 0. The second-order valence-electron chi connectivity index (χ2n) is 6.57. The van der Waals surface area contributed by atoms with Gasteiger partial charge in [0, 0.05) is 41.3 Å². The van der Waals surface area contributed by atoms with Crippen molar-refractivity contribution < 1.29 is 9.59 Å². The standard InChI is InChI=1S/C19H17Cl2NO2/c20-11-8-7-10(9-12(11)21)17-18-13(3-1-5-15(18)23)22-14-4-2-6-16(24)19(14)17/h7-9,17,22H,1-6H2. The van der Waals surface area contributed by atoms with Crippen LogP contribution in [0.5, 0.6) is 0 Å². The zero-order chi connectivity index (χ0) is 16.8. The first-order valence-corrected chi connectivity index (χ1v) is 9.06. The molecule has 0 saturated carbocycles. The average molecular weight is 362 g/mol. The van der Waals surface area contributed by atoms with E-state index < -0.39 is 0 Å². The molecule has 0 bridgehead atoms. The van der Waals surface area contributed by atoms with Crippen molar-refractivity contribution in [3.63, 3.8) is 0 Å². The van der Waals surface area contributed by atoms with Crippen LogP contribution in [0.25, 0.3) is 0 Å². The molecule has 0 fully saturated rings. The second kappa shape index (κ2) is 6.05. The molecule has 0 amide bonds. The molecule has 124 valence electrons. The van der Waals surface area contributed by atoms with Crippen molar-refractivity contribution in [3.8, 4) is 0 Å². The van der Waals surface area contributed by atoms with Gasteiger partial charge in [-0.2, -0.15) is 0 Å². The maximum atomic E-state index is 12.7. The molecule has 5 heteroatoms. The zero-order valence-corrected chi connectivity index (χ0v) is 14.6. The van der Waals surface area contributed by atoms with E-state index in [1.807, 2.05) is 6.07 Å². The smallest absolute Gasteiger partial charge is 0.161 e. The zero-order valence-electron chi connectivity index (χ0n) is 13.1. The number of halogens is 2. The molecule has 1 heterocycles. The Morgan fingerprint density at radius 3 is 1.96 bits per heavy atom. The fraction of sp³-hybridized carbons (Fsp3) is 0.368. The van der Waals surface area contributed by atoms with Gasteiger partial charge in [-0.05, 0) is 43.4 Å². The number of carbonyl (C=O) groups is 2. The Morgan fingerprint density at radius 1 is 0.833 bits per heavy atom. The molecule has 0 aromatic heterocycles. The quantitative estimate of drug-likeness (QED) is 0.788. The van der Waals surface area contributed by atoms with Crippen LogP contribution >= 0.6 is 23.2 Å². The van der Waals surface area contributed by atoms with Crippen LogP contribution in [-0.4, -0.2) is 11.6 Å². The van der Waals surface area contributed by atoms with E-state index in [-0.39, 0.29) is 17.5 Å². The van der Waals surface area contributed by atoms with E-state index in [4.69, 9.17) is 23.2 Å². The van der Waals surface area contributed by atoms with E-state index in [0.29, 0.717) is 22.9 Å². The third-order valence-electron chi connectivity index (χ3n) is 5.07. The highest BCUT2D eigenvalue weighted by Gasteiger charge is 2.40. The number of rotatable bonds is 1. The van der Waals surface area contributed by atoms with Gasteiger partial charge in [0.2, 0.25) is 0 Å². The number of hydrogen-bond donors (Lipinski definition) is 1. The van der Waals surface area contributed by atoms with Gasteiger partial charge in [0.25, 0.3) is 0 Å². The van der Waals surface area contributed by atoms with E-state index in [1.165, 1.54) is 0 Å². The van der Waals surface area contributed by atoms with Gasteiger partial charge < -0.3 is 5.32 Å². The number of nitrogens with one attached hydrogen (secondary N) is 1. The van der Waals surface area contributed by atoms with Gasteiger partial charge in [0.05, 0.1) is 10.0 Å². The van der Waals surface area contributed by atoms with Crippen LogP contribution in [0.3, 0.4) is 0 Å². The highest BCUT2D eigenvalue weighted by molar-refractivity contribution is 6.42. The van der Waals surface area contributed by atoms with Gasteiger partial charge in [-0.25, -0.2) is 0 Å². The number of benzene rings is 1. The average Bonchev–Trinajstić information content (AvgIpc) is 2.56. The molecule has 1 N–H and O–H groups in total. The lowest BCUT2D eigenvalue weighted by molar-refractivity contribution is -0.116. The molecule has 1 aliphatic heterocycles. The summed E-state index contributed by atoms with van der Waals surface area (Å²) in [5.41, 5.74) is 4.32. The molecule has 1 aromatic carbocycles. The van der Waals surface area contributed by atoms with E-state index in [0.717, 1.165) is 53.8 Å². The van der Waals surface area contributed by atoms with Crippen molar-refractivity contribution in [1.29, 1.82) is 0 Å². The summed E-state index contributed by atoms with van der Waals surface area (Å²) in [7, 11) is 0. The number of allylic oxidation sites excluding steroid dienone is 4. The van der Waals surface area contributed by atoms with Crippen molar-refractivity contribution in [2.45, 2.75) is 44.4 Å². The molecule has 4 rings (SSSR count). The van der Waals surface area contributed by atoms with E-state index >= 15 is 0 Å². The summed E-state index contributed by atoms with van der Waals surface area (Å²) in [5, 5.41) is 4.32. The van der Waals surface area contributed by atoms with Gasteiger partial charge >= 0.3 is 0 Å². The minimum atomic E-state index is -0.313. The fourth-order valence-corrected chi connectivity index (χ4v) is 4.32. The van der Waals surface area contributed by atoms with Gasteiger partial charge in [-0.15, -0.1) is 0 Å². The molecule has 1 aromatic rings. The van der Waals surface area contributed by atoms with Crippen molar-refractivity contribution >= 4 is 34.8 Å². The largest absolute Gasteiger partial charge is 0.362 e. The molecule has 0 unspecified atom stereocenters. The van der Waals surface area contributed by atoms with Crippen LogP contribution < -0.4 is 5.32 Å². The third-order valence-corrected chi connectivity index (χ3v) is 5.81. The monoisotopic (exact) mass is 361 g/mol. The van der Waals surface area contributed by atoms with Crippen molar-refractivity contribution in [3.05, 3.63) is 56.3 Å². The van der Waals surface area contributed by atoms with E-state index in [1.54, 1.807) is 12.1 Å². The second-order valence-corrected chi connectivity index (χ2v) is 7.38. The van der Waals surface area contributed by atoms with E-state index in [9.17, 15) is 9.59 Å². The maximum absolute atomic E-state index is 12.7. The molecule has 2 aliphatic carbocycles. The number of dihydropyridines is 1. The Balaban J connectivity index is 1.92. The topological polar surface area (TPSA) is 46.2 Å². The Labute approximate surface area is 150 Å². The minimum absolute atomic E-state index is 0.129. The highest BCUT2D eigenvalue weighted by atomic mass is 35.5. The highest BCUT2D eigenvalue weighted by Crippen LogP contribution is 2.45. The number of Topliss-reactive ketones (excluding diaryl/α,β-unsaturated/α-hetero) is 2. The summed E-state index contributed by atoms with van der Waals surface area (Å²) in [6, 6.07) is 5.41. The molecule has 0 saturated heterocycles. The molecule has 24 heavy (non-hydrogen) atoms. The molecule has 3 nitrogen and oxygen atoms in total. The summed E-state index contributed by atoms with van der Waals surface area (Å²) in [6.07, 6.45) is 4.49. The van der Waals surface area contributed by atoms with Crippen molar-refractivity contribution in [2.75, 3.05) is 0 Å². The summed E-state index contributed by atoms with van der Waals surface area (Å²) in [4.78, 5) is 25.3. The molecule has 3 aliphatic rings. The van der Waals surface area contributed by atoms with E-state index in [2.05, 4.69) is 5.32 Å². The Bertz CT molecular complexity index is 781. The lowest BCUT2D eigenvalue weighted by Gasteiger charge is -2.37. The Kier molecular flexibility index (Phi) is 4.01. The maximum Gasteiger partial charge on any atom is 0.161 e. The molecular weight excluding hydrogens is 345 g/mol. The predicted octanol–water partition coefficient (Wildman–Crippen LogP) is 4.69. The van der Waals surface area contributed by atoms with Crippen molar-refractivity contribution in [1.82, 2.24) is 5.32 Å². The lowest BCUT2D eigenvalue weighted by Crippen LogP contribution is -2.36. The van der Waals surface area contributed by atoms with Crippen molar-refractivity contribution in [2.24, 2.45) is 0 Å². The SMILES string of the molecule is O=C1CCCC2=C1C(c1ccc(Cl)c(Cl)c1)C1=C(CCCC1=O)N2. The predicted molar refractivity (Wildman–Crippen MR) is 94.1 cm³/mol. The first-order chi connectivity index (χ1) is 11.6. The molecular formula is C19H17Cl2NO2. The lowest BCUT2D eigenvalue weighted by atomic mass is 9.71. The summed E-state index contributed by atoms with van der Waals surface area (Å²) in [6.45, 7) is 0. The Hall–Kier alpha value is -1.58. The van der Waals surface area contributed by atoms with Crippen LogP contribution in [0, 0.1) is 0 Å². The third kappa shape index (κ3) is 2.51. The van der Waals surface area contributed by atoms with Crippen LogP contribution in [-0.2, 0) is 9.59 Å². The fourth-order valence-electron chi connectivity index (χ4n) is 4.01. The molecule has 0 radical (unpaired) electrons. The first-order valence-electron chi connectivity index (χ1n) is 8.30. The number of ketones is 2. The Morgan fingerprint density at radius 2 is 1.42 bits per heavy atom. The van der Waals surface area contributed by atoms with Gasteiger partial charge in [-0.1, -0.05) is 29.3 Å². The van der Waals surface area contributed by atoms with Gasteiger partial charge in [-0.3, -0.25) is 9.59 Å². The van der Waals surface area contributed by atoms with Crippen LogP contribution in [0.1, 0.15) is 50.0 Å². The van der Waals surface area contributed by atoms with Crippen LogP contribution in [0.15, 0.2) is 40.7 Å². The van der Waals surface area contributed by atoms with Crippen LogP contribution in [0.2, 0.25) is 10.0 Å². The molecule has 0 atom stereocenters. The number of carbonyl (C=O) groups excluding carboxylic acids is 2. The minimum Gasteiger partial charge on any atom is -0.362 e. The molecule has 0 spiro atoms. The normalized spacial score (nSPS) is 21.6. The number of hydrogen-bond acceptors (Lipinski definition) is 3.